The third kappa shape index (κ3) is 7.32. The molecule has 2 unspecified atom stereocenters. The van der Waals surface area contributed by atoms with Crippen molar-refractivity contribution in [3.05, 3.63) is 138 Å². The molecule has 4 aromatic rings. The molecule has 40 heavy (non-hydrogen) atoms. The Morgan fingerprint density at radius 3 is 2.08 bits per heavy atom. The third-order valence-corrected chi connectivity index (χ3v) is 6.73. The van der Waals surface area contributed by atoms with Crippen LogP contribution in [-0.4, -0.2) is 42.7 Å². The van der Waals surface area contributed by atoms with Gasteiger partial charge in [0, 0.05) is 25.2 Å². The summed E-state index contributed by atoms with van der Waals surface area (Å²) in [4.78, 5) is 28.6. The number of hydrogen-bond acceptors (Lipinski definition) is 3. The molecule has 202 valence electrons. The van der Waals surface area contributed by atoms with E-state index in [1.807, 2.05) is 103 Å². The van der Waals surface area contributed by atoms with Crippen molar-refractivity contribution in [2.75, 3.05) is 14.1 Å². The van der Waals surface area contributed by atoms with Gasteiger partial charge in [0.25, 0.3) is 5.91 Å². The lowest BCUT2D eigenvalue weighted by atomic mass is 9.89. The maximum absolute atomic E-state index is 13.5. The van der Waals surface area contributed by atoms with Gasteiger partial charge in [-0.05, 0) is 46.9 Å². The highest BCUT2D eigenvalue weighted by molar-refractivity contribution is 5.96. The molecule has 0 aliphatic carbocycles. The van der Waals surface area contributed by atoms with E-state index in [-0.39, 0.29) is 17.6 Å². The van der Waals surface area contributed by atoms with E-state index in [0.29, 0.717) is 17.5 Å². The van der Waals surface area contributed by atoms with Crippen molar-refractivity contribution in [2.45, 2.75) is 12.5 Å². The summed E-state index contributed by atoms with van der Waals surface area (Å²) in [6.07, 6.45) is 4.16. The first-order chi connectivity index (χ1) is 19.3. The van der Waals surface area contributed by atoms with Crippen LogP contribution < -0.4 is 11.1 Å². The molecule has 2 atom stereocenters. The SMILES string of the molecule is CN(C)C(=O)C(Cc1cccc(C(=N)N)c1)C(/C=C/c1ccccc1)NC(=O)c1ccc(-c2ccccc2)cc1. The van der Waals surface area contributed by atoms with E-state index in [9.17, 15) is 9.59 Å². The Balaban J connectivity index is 1.65. The molecule has 0 saturated heterocycles. The summed E-state index contributed by atoms with van der Waals surface area (Å²) in [5.74, 6) is -1.01. The number of benzene rings is 4. The van der Waals surface area contributed by atoms with Gasteiger partial charge in [0.1, 0.15) is 5.84 Å². The van der Waals surface area contributed by atoms with Gasteiger partial charge >= 0.3 is 0 Å². The van der Waals surface area contributed by atoms with Crippen LogP contribution in [0.25, 0.3) is 17.2 Å². The van der Waals surface area contributed by atoms with Crippen molar-refractivity contribution in [3.8, 4) is 11.1 Å². The van der Waals surface area contributed by atoms with Gasteiger partial charge in [0.05, 0.1) is 12.0 Å². The van der Waals surface area contributed by atoms with E-state index in [1.54, 1.807) is 37.2 Å². The van der Waals surface area contributed by atoms with Crippen molar-refractivity contribution in [1.82, 2.24) is 10.2 Å². The summed E-state index contributed by atoms with van der Waals surface area (Å²) < 4.78 is 0. The first-order valence-corrected chi connectivity index (χ1v) is 13.2. The molecule has 0 spiro atoms. The number of nitrogens with zero attached hydrogens (tertiary/aromatic N) is 1. The van der Waals surface area contributed by atoms with Gasteiger partial charge in [-0.2, -0.15) is 0 Å². The number of carbonyl (C=O) groups is 2. The molecule has 0 aliphatic heterocycles. The Morgan fingerprint density at radius 2 is 1.45 bits per heavy atom. The second kappa shape index (κ2) is 13.2. The Kier molecular flexibility index (Phi) is 9.26. The van der Waals surface area contributed by atoms with Crippen LogP contribution >= 0.6 is 0 Å². The zero-order chi connectivity index (χ0) is 28.5. The lowest BCUT2D eigenvalue weighted by molar-refractivity contribution is -0.133. The maximum atomic E-state index is 13.5. The number of nitrogens with one attached hydrogen (secondary N) is 2. The van der Waals surface area contributed by atoms with Gasteiger partial charge in [-0.1, -0.05) is 103 Å². The molecule has 4 N–H and O–H groups in total. The van der Waals surface area contributed by atoms with Gasteiger partial charge in [-0.25, -0.2) is 0 Å². The molecule has 0 aliphatic rings. The van der Waals surface area contributed by atoms with Crippen LogP contribution in [0.2, 0.25) is 0 Å². The number of rotatable bonds is 10. The van der Waals surface area contributed by atoms with E-state index >= 15 is 0 Å². The van der Waals surface area contributed by atoms with Crippen LogP contribution in [0, 0.1) is 11.3 Å². The summed E-state index contributed by atoms with van der Waals surface area (Å²) in [6, 6.07) is 33.9. The minimum Gasteiger partial charge on any atom is -0.384 e. The standard InChI is InChI=1S/C34H34N4O2/c1-38(2)34(40)30(23-25-12-9-15-29(22-25)32(35)36)31(21-16-24-10-5-3-6-11-24)37-33(39)28-19-17-27(18-20-28)26-13-7-4-8-14-26/h3-22,30-31H,23H2,1-2H3,(H3,35,36)(H,37,39)/b21-16+. The quantitative estimate of drug-likeness (QED) is 0.189. The Labute approximate surface area is 235 Å². The largest absolute Gasteiger partial charge is 0.384 e. The predicted molar refractivity (Wildman–Crippen MR) is 162 cm³/mol. The second-order valence-electron chi connectivity index (χ2n) is 9.87. The molecule has 2 amide bonds. The number of nitrogen functional groups attached to an aromatic ring is 1. The molecule has 6 heteroatoms. The zero-order valence-electron chi connectivity index (χ0n) is 22.7. The molecule has 0 heterocycles. The van der Waals surface area contributed by atoms with E-state index in [4.69, 9.17) is 11.1 Å². The molecule has 0 radical (unpaired) electrons. The van der Waals surface area contributed by atoms with Crippen LogP contribution in [-0.2, 0) is 11.2 Å². The molecule has 6 nitrogen and oxygen atoms in total. The third-order valence-electron chi connectivity index (χ3n) is 6.73. The van der Waals surface area contributed by atoms with Gasteiger partial charge in [0.15, 0.2) is 0 Å². The number of amidine groups is 1. The van der Waals surface area contributed by atoms with Crippen LogP contribution in [0.3, 0.4) is 0 Å². The van der Waals surface area contributed by atoms with Crippen molar-refractivity contribution in [2.24, 2.45) is 11.7 Å². The minimum atomic E-state index is -0.600. The fourth-order valence-electron chi connectivity index (χ4n) is 4.56. The number of amides is 2. The van der Waals surface area contributed by atoms with E-state index in [0.717, 1.165) is 22.3 Å². The normalized spacial score (nSPS) is 12.4. The lowest BCUT2D eigenvalue weighted by Gasteiger charge is -2.28. The Bertz CT molecular complexity index is 1480. The minimum absolute atomic E-state index is 0.0369. The van der Waals surface area contributed by atoms with Crippen LogP contribution in [0.15, 0.2) is 115 Å². The van der Waals surface area contributed by atoms with Gasteiger partial charge in [0.2, 0.25) is 5.91 Å². The smallest absolute Gasteiger partial charge is 0.251 e. The number of carbonyl (C=O) groups excluding carboxylic acids is 2. The molecule has 0 aromatic heterocycles. The maximum Gasteiger partial charge on any atom is 0.251 e. The van der Waals surface area contributed by atoms with E-state index < -0.39 is 12.0 Å². The molecule has 0 bridgehead atoms. The van der Waals surface area contributed by atoms with Crippen LogP contribution in [0.4, 0.5) is 0 Å². The van der Waals surface area contributed by atoms with Crippen molar-refractivity contribution in [1.29, 1.82) is 5.41 Å². The van der Waals surface area contributed by atoms with Crippen LogP contribution in [0.5, 0.6) is 0 Å². The molecule has 4 rings (SSSR count). The fraction of sp³-hybridized carbons (Fsp3) is 0.147. The zero-order valence-corrected chi connectivity index (χ0v) is 22.7. The average Bonchev–Trinajstić information content (AvgIpc) is 2.99. The fourth-order valence-corrected chi connectivity index (χ4v) is 4.56. The van der Waals surface area contributed by atoms with Crippen LogP contribution in [0.1, 0.15) is 27.0 Å². The van der Waals surface area contributed by atoms with Gasteiger partial charge < -0.3 is 16.0 Å². The molecule has 0 saturated carbocycles. The Morgan fingerprint density at radius 1 is 0.825 bits per heavy atom. The highest BCUT2D eigenvalue weighted by atomic mass is 16.2. The number of nitrogens with two attached hydrogens (primary N) is 1. The van der Waals surface area contributed by atoms with Gasteiger partial charge in [-0.15, -0.1) is 0 Å². The van der Waals surface area contributed by atoms with E-state index in [2.05, 4.69) is 5.32 Å². The highest BCUT2D eigenvalue weighted by Gasteiger charge is 2.30. The molecule has 0 fully saturated rings. The summed E-state index contributed by atoms with van der Waals surface area (Å²) in [5.41, 5.74) is 10.7. The Hall–Kier alpha value is -4.97. The average molecular weight is 531 g/mol. The predicted octanol–water partition coefficient (Wildman–Crippen LogP) is 5.40. The van der Waals surface area contributed by atoms with Crippen molar-refractivity contribution >= 4 is 23.7 Å². The van der Waals surface area contributed by atoms with E-state index in [1.165, 1.54) is 0 Å². The van der Waals surface area contributed by atoms with Crippen molar-refractivity contribution < 1.29 is 9.59 Å². The molecular formula is C34H34N4O2. The van der Waals surface area contributed by atoms with Crippen molar-refractivity contribution in [3.63, 3.8) is 0 Å². The topological polar surface area (TPSA) is 99.3 Å². The number of hydrogen-bond donors (Lipinski definition) is 3. The highest BCUT2D eigenvalue weighted by Crippen LogP contribution is 2.21. The monoisotopic (exact) mass is 530 g/mol. The second-order valence-corrected chi connectivity index (χ2v) is 9.87. The lowest BCUT2D eigenvalue weighted by Crippen LogP contribution is -2.46. The molecular weight excluding hydrogens is 496 g/mol. The first-order valence-electron chi connectivity index (χ1n) is 13.2. The first kappa shape index (κ1) is 28.0. The van der Waals surface area contributed by atoms with Gasteiger partial charge in [-0.3, -0.25) is 15.0 Å². The summed E-state index contributed by atoms with van der Waals surface area (Å²) >= 11 is 0. The summed E-state index contributed by atoms with van der Waals surface area (Å²) in [6.45, 7) is 0. The molecule has 4 aromatic carbocycles. The summed E-state index contributed by atoms with van der Waals surface area (Å²) in [7, 11) is 3.42. The summed E-state index contributed by atoms with van der Waals surface area (Å²) in [5, 5.41) is 10.9.